The van der Waals surface area contributed by atoms with Gasteiger partial charge in [0.1, 0.15) is 0 Å². The van der Waals surface area contributed by atoms with Gasteiger partial charge in [-0.15, -0.1) is 0 Å². The number of halogens is 1. The minimum Gasteiger partial charge on any atom is -0.355 e. The van der Waals surface area contributed by atoms with Crippen molar-refractivity contribution in [3.63, 3.8) is 0 Å². The number of hydrogen-bond acceptors (Lipinski definition) is 3. The monoisotopic (exact) mass is 438 g/mol. The predicted octanol–water partition coefficient (Wildman–Crippen LogP) is 4.34. The lowest BCUT2D eigenvalue weighted by molar-refractivity contribution is -0.136. The number of rotatable bonds is 8. The van der Waals surface area contributed by atoms with Gasteiger partial charge in [0, 0.05) is 48.9 Å². The summed E-state index contributed by atoms with van der Waals surface area (Å²) in [5.74, 6) is 1.31. The zero-order chi connectivity index (χ0) is 21.2. The highest BCUT2D eigenvalue weighted by molar-refractivity contribution is 7.98. The fourth-order valence-electron chi connectivity index (χ4n) is 3.76. The van der Waals surface area contributed by atoms with Crippen LogP contribution in [0.1, 0.15) is 50.3 Å². The zero-order valence-electron chi connectivity index (χ0n) is 18.1. The summed E-state index contributed by atoms with van der Waals surface area (Å²) >= 11 is 7.94. The second-order valence-electron chi connectivity index (χ2n) is 7.49. The Morgan fingerprint density at radius 2 is 2.00 bits per heavy atom. The van der Waals surface area contributed by atoms with Gasteiger partial charge >= 0.3 is 0 Å². The highest BCUT2D eigenvalue weighted by Crippen LogP contribution is 2.27. The molecule has 1 aromatic rings. The van der Waals surface area contributed by atoms with E-state index in [0.717, 1.165) is 56.3 Å². The molecular formula is C22H35ClN4OS. The van der Waals surface area contributed by atoms with Crippen molar-refractivity contribution in [2.75, 3.05) is 32.9 Å². The van der Waals surface area contributed by atoms with Crippen molar-refractivity contribution in [3.8, 4) is 0 Å². The van der Waals surface area contributed by atoms with Gasteiger partial charge in [0.15, 0.2) is 5.96 Å². The largest absolute Gasteiger partial charge is 0.355 e. The first-order valence-corrected chi connectivity index (χ1v) is 12.2. The molecule has 0 saturated carbocycles. The minimum atomic E-state index is 0.170. The summed E-state index contributed by atoms with van der Waals surface area (Å²) in [6.45, 7) is 6.61. The first-order valence-electron chi connectivity index (χ1n) is 10.6. The summed E-state index contributed by atoms with van der Waals surface area (Å²) in [6.07, 6.45) is 5.86. The Hall–Kier alpha value is -1.40. The van der Waals surface area contributed by atoms with Crippen molar-refractivity contribution in [1.29, 1.82) is 0 Å². The smallest absolute Gasteiger partial charge is 0.225 e. The Kier molecular flexibility index (Phi) is 10.2. The van der Waals surface area contributed by atoms with Crippen LogP contribution < -0.4 is 10.6 Å². The molecule has 0 spiro atoms. The number of nitrogens with zero attached hydrogens (tertiary/aromatic N) is 2. The molecule has 1 atom stereocenters. The van der Waals surface area contributed by atoms with Gasteiger partial charge in [-0.3, -0.25) is 9.79 Å². The summed E-state index contributed by atoms with van der Waals surface area (Å²) < 4.78 is 0. The third-order valence-electron chi connectivity index (χ3n) is 5.67. The lowest BCUT2D eigenvalue weighted by Gasteiger charge is -2.35. The molecule has 7 heteroatoms. The summed E-state index contributed by atoms with van der Waals surface area (Å²) in [6, 6.07) is 8.36. The molecule has 1 aromatic carbocycles. The van der Waals surface area contributed by atoms with Crippen molar-refractivity contribution in [3.05, 3.63) is 34.9 Å². The predicted molar refractivity (Wildman–Crippen MR) is 126 cm³/mol. The highest BCUT2D eigenvalue weighted by atomic mass is 35.5. The van der Waals surface area contributed by atoms with Gasteiger partial charge in [-0.2, -0.15) is 11.8 Å². The number of nitrogens with one attached hydrogen (secondary N) is 2. The fourth-order valence-corrected chi connectivity index (χ4v) is 4.63. The molecule has 29 heavy (non-hydrogen) atoms. The van der Waals surface area contributed by atoms with Crippen LogP contribution in [0, 0.1) is 5.92 Å². The molecule has 0 radical (unpaired) electrons. The first-order chi connectivity index (χ1) is 14.0. The fraction of sp³-hybridized carbons (Fsp3) is 0.636. The lowest BCUT2D eigenvalue weighted by Crippen LogP contribution is -2.51. The molecule has 1 aliphatic heterocycles. The van der Waals surface area contributed by atoms with Gasteiger partial charge < -0.3 is 15.5 Å². The average molecular weight is 439 g/mol. The van der Waals surface area contributed by atoms with E-state index in [9.17, 15) is 4.79 Å². The molecule has 1 fully saturated rings. The topological polar surface area (TPSA) is 56.7 Å². The van der Waals surface area contributed by atoms with Crippen LogP contribution in [0.2, 0.25) is 5.02 Å². The molecule has 1 saturated heterocycles. The Bertz CT molecular complexity index is 673. The molecule has 1 aliphatic rings. The van der Waals surface area contributed by atoms with Gasteiger partial charge in [-0.05, 0) is 49.6 Å². The number of aliphatic imine (C=N–C) groups is 1. The van der Waals surface area contributed by atoms with Crippen molar-refractivity contribution >= 4 is 35.2 Å². The SMILES string of the molecule is CCC(CC)C(=O)N1CCC(NC(=NC)NCC(SC)c2cccc(Cl)c2)CC1. The van der Waals surface area contributed by atoms with Gasteiger partial charge in [-0.25, -0.2) is 0 Å². The summed E-state index contributed by atoms with van der Waals surface area (Å²) in [5, 5.41) is 8.04. The highest BCUT2D eigenvalue weighted by Gasteiger charge is 2.26. The summed E-state index contributed by atoms with van der Waals surface area (Å²) in [4.78, 5) is 19.0. The molecule has 0 aromatic heterocycles. The van der Waals surface area contributed by atoms with Crippen molar-refractivity contribution < 1.29 is 4.79 Å². The van der Waals surface area contributed by atoms with Gasteiger partial charge in [0.25, 0.3) is 0 Å². The number of hydrogen-bond donors (Lipinski definition) is 2. The number of thioether (sulfide) groups is 1. The van der Waals surface area contributed by atoms with Crippen LogP contribution >= 0.6 is 23.4 Å². The van der Waals surface area contributed by atoms with E-state index in [1.165, 1.54) is 5.56 Å². The van der Waals surface area contributed by atoms with Gasteiger partial charge in [0.05, 0.1) is 0 Å². The van der Waals surface area contributed by atoms with Crippen molar-refractivity contribution in [1.82, 2.24) is 15.5 Å². The molecule has 1 amide bonds. The summed E-state index contributed by atoms with van der Waals surface area (Å²) in [5.41, 5.74) is 1.21. The molecule has 1 heterocycles. The number of amides is 1. The van der Waals surface area contributed by atoms with Gasteiger partial charge in [-0.1, -0.05) is 37.6 Å². The van der Waals surface area contributed by atoms with Crippen LogP contribution in [-0.2, 0) is 4.79 Å². The average Bonchev–Trinajstić information content (AvgIpc) is 2.74. The number of carbonyl (C=O) groups is 1. The summed E-state index contributed by atoms with van der Waals surface area (Å²) in [7, 11) is 1.80. The maximum Gasteiger partial charge on any atom is 0.225 e. The van der Waals surface area contributed by atoms with Crippen LogP contribution in [0.15, 0.2) is 29.3 Å². The van der Waals surface area contributed by atoms with Crippen LogP contribution in [0.4, 0.5) is 0 Å². The first kappa shape index (κ1) is 23.9. The molecule has 162 valence electrons. The lowest BCUT2D eigenvalue weighted by atomic mass is 9.98. The second-order valence-corrected chi connectivity index (χ2v) is 8.97. The Balaban J connectivity index is 1.82. The van der Waals surface area contributed by atoms with Gasteiger partial charge in [0.2, 0.25) is 5.91 Å². The Labute approximate surface area is 185 Å². The number of benzene rings is 1. The number of piperidine rings is 1. The molecular weight excluding hydrogens is 404 g/mol. The van der Waals surface area contributed by atoms with Crippen molar-refractivity contribution in [2.24, 2.45) is 10.9 Å². The van der Waals surface area contributed by atoms with E-state index in [-0.39, 0.29) is 5.92 Å². The maximum absolute atomic E-state index is 12.6. The van der Waals surface area contributed by atoms with E-state index in [1.54, 1.807) is 18.8 Å². The molecule has 1 unspecified atom stereocenters. The third kappa shape index (κ3) is 7.10. The van der Waals surface area contributed by atoms with Crippen LogP contribution in [0.3, 0.4) is 0 Å². The third-order valence-corrected chi connectivity index (χ3v) is 6.91. The van der Waals surface area contributed by atoms with Crippen LogP contribution in [-0.4, -0.2) is 55.7 Å². The van der Waals surface area contributed by atoms with E-state index in [1.807, 2.05) is 23.1 Å². The van der Waals surface area contributed by atoms with E-state index >= 15 is 0 Å². The zero-order valence-corrected chi connectivity index (χ0v) is 19.7. The number of guanidine groups is 1. The molecule has 5 nitrogen and oxygen atoms in total. The van der Waals surface area contributed by atoms with Crippen molar-refractivity contribution in [2.45, 2.75) is 50.8 Å². The maximum atomic E-state index is 12.6. The van der Waals surface area contributed by atoms with Crippen LogP contribution in [0.5, 0.6) is 0 Å². The second kappa shape index (κ2) is 12.3. The number of carbonyl (C=O) groups excluding carboxylic acids is 1. The van der Waals surface area contributed by atoms with E-state index in [0.29, 0.717) is 17.2 Å². The molecule has 2 N–H and O–H groups in total. The minimum absolute atomic E-state index is 0.170. The quantitative estimate of drug-likeness (QED) is 0.468. The molecule has 2 rings (SSSR count). The molecule has 0 bridgehead atoms. The van der Waals surface area contributed by atoms with E-state index in [2.05, 4.69) is 41.8 Å². The standard InChI is InChI=1S/C22H35ClN4OS/c1-5-16(6-2)21(28)27-12-10-19(11-13-27)26-22(24-3)25-15-20(29-4)17-8-7-9-18(23)14-17/h7-9,14,16,19-20H,5-6,10-13,15H2,1-4H3,(H2,24,25,26). The van der Waals surface area contributed by atoms with Crippen LogP contribution in [0.25, 0.3) is 0 Å². The Morgan fingerprint density at radius 3 is 2.55 bits per heavy atom. The molecule has 0 aliphatic carbocycles. The Morgan fingerprint density at radius 1 is 1.31 bits per heavy atom. The normalized spacial score (nSPS) is 16.8. The van der Waals surface area contributed by atoms with E-state index in [4.69, 9.17) is 11.6 Å². The number of likely N-dealkylation sites (tertiary alicyclic amines) is 1. The van der Waals surface area contributed by atoms with E-state index < -0.39 is 0 Å².